The zero-order valence-electron chi connectivity index (χ0n) is 11.5. The van der Waals surface area contributed by atoms with Gasteiger partial charge in [-0.3, -0.25) is 0 Å². The molecule has 2 atom stereocenters. The molecule has 1 N–H and O–H groups in total. The highest BCUT2D eigenvalue weighted by Gasteiger charge is 2.20. The largest absolute Gasteiger partial charge is 0.304 e. The quantitative estimate of drug-likeness (QED) is 0.689. The minimum Gasteiger partial charge on any atom is -0.304 e. The molecule has 0 aliphatic carbocycles. The van der Waals surface area contributed by atoms with Gasteiger partial charge >= 0.3 is 0 Å². The molecular formula is C13H27N3. The first-order valence-corrected chi connectivity index (χ1v) is 6.29. The Morgan fingerprint density at radius 3 is 2.56 bits per heavy atom. The first-order chi connectivity index (χ1) is 7.49. The van der Waals surface area contributed by atoms with E-state index in [2.05, 4.69) is 37.2 Å². The second-order valence-corrected chi connectivity index (χ2v) is 4.92. The van der Waals surface area contributed by atoms with Crippen LogP contribution in [0.1, 0.15) is 46.5 Å². The van der Waals surface area contributed by atoms with Crippen molar-refractivity contribution in [3.05, 3.63) is 0 Å². The topological polar surface area (TPSA) is 39.1 Å². The lowest BCUT2D eigenvalue weighted by Gasteiger charge is -2.26. The Morgan fingerprint density at radius 1 is 1.50 bits per heavy atom. The van der Waals surface area contributed by atoms with Crippen molar-refractivity contribution in [2.45, 2.75) is 58.0 Å². The highest BCUT2D eigenvalue weighted by molar-refractivity contribution is 5.02. The molecule has 0 aromatic heterocycles. The third kappa shape index (κ3) is 5.48. The summed E-state index contributed by atoms with van der Waals surface area (Å²) in [6.07, 6.45) is 4.45. The van der Waals surface area contributed by atoms with Crippen molar-refractivity contribution >= 4 is 0 Å². The number of hydrogen-bond donors (Lipinski definition) is 1. The average Bonchev–Trinajstić information content (AvgIpc) is 2.29. The van der Waals surface area contributed by atoms with E-state index in [0.717, 1.165) is 19.4 Å². The Labute approximate surface area is 101 Å². The van der Waals surface area contributed by atoms with Crippen molar-refractivity contribution in [1.29, 1.82) is 5.26 Å². The summed E-state index contributed by atoms with van der Waals surface area (Å²) in [6, 6.07) is 2.97. The van der Waals surface area contributed by atoms with E-state index in [4.69, 9.17) is 5.26 Å². The second kappa shape index (κ2) is 7.65. The zero-order valence-corrected chi connectivity index (χ0v) is 11.5. The maximum atomic E-state index is 9.02. The Morgan fingerprint density at radius 2 is 2.12 bits per heavy atom. The van der Waals surface area contributed by atoms with Gasteiger partial charge in [-0.25, -0.2) is 0 Å². The third-order valence-corrected chi connectivity index (χ3v) is 3.45. The summed E-state index contributed by atoms with van der Waals surface area (Å²) in [5, 5.41) is 12.1. The van der Waals surface area contributed by atoms with Crippen LogP contribution in [-0.2, 0) is 0 Å². The van der Waals surface area contributed by atoms with E-state index >= 15 is 0 Å². The molecule has 0 aromatic rings. The molecule has 0 aliphatic heterocycles. The van der Waals surface area contributed by atoms with Crippen LogP contribution in [0.5, 0.6) is 0 Å². The van der Waals surface area contributed by atoms with Crippen LogP contribution in [0.15, 0.2) is 0 Å². The van der Waals surface area contributed by atoms with E-state index in [1.807, 2.05) is 14.0 Å². The molecule has 16 heavy (non-hydrogen) atoms. The minimum absolute atomic E-state index is 0.366. The van der Waals surface area contributed by atoms with Gasteiger partial charge in [-0.05, 0) is 53.8 Å². The van der Waals surface area contributed by atoms with Crippen molar-refractivity contribution < 1.29 is 0 Å². The van der Waals surface area contributed by atoms with E-state index < -0.39 is 0 Å². The van der Waals surface area contributed by atoms with E-state index in [9.17, 15) is 0 Å². The molecule has 0 saturated carbocycles. The first-order valence-electron chi connectivity index (χ1n) is 6.29. The highest BCUT2D eigenvalue weighted by atomic mass is 15.1. The summed E-state index contributed by atoms with van der Waals surface area (Å²) in [5.74, 6) is 0. The van der Waals surface area contributed by atoms with Gasteiger partial charge in [-0.1, -0.05) is 13.3 Å². The van der Waals surface area contributed by atoms with Crippen LogP contribution in [0, 0.1) is 11.3 Å². The van der Waals surface area contributed by atoms with Crippen molar-refractivity contribution in [3.63, 3.8) is 0 Å². The number of rotatable bonds is 8. The summed E-state index contributed by atoms with van der Waals surface area (Å²) in [6.45, 7) is 7.52. The third-order valence-electron chi connectivity index (χ3n) is 3.45. The highest BCUT2D eigenvalue weighted by Crippen LogP contribution is 2.12. The predicted octanol–water partition coefficient (Wildman–Crippen LogP) is 2.39. The molecule has 0 bridgehead atoms. The van der Waals surface area contributed by atoms with Gasteiger partial charge in [0.1, 0.15) is 5.54 Å². The molecule has 2 unspecified atom stereocenters. The monoisotopic (exact) mass is 225 g/mol. The fourth-order valence-electron chi connectivity index (χ4n) is 1.78. The van der Waals surface area contributed by atoms with Gasteiger partial charge < -0.3 is 10.2 Å². The van der Waals surface area contributed by atoms with Gasteiger partial charge in [0.2, 0.25) is 0 Å². The fraction of sp³-hybridized carbons (Fsp3) is 0.923. The van der Waals surface area contributed by atoms with Crippen molar-refractivity contribution in [3.8, 4) is 6.07 Å². The molecule has 0 heterocycles. The van der Waals surface area contributed by atoms with Gasteiger partial charge in [0.05, 0.1) is 6.07 Å². The summed E-state index contributed by atoms with van der Waals surface area (Å²) < 4.78 is 0. The van der Waals surface area contributed by atoms with Crippen LogP contribution in [0.4, 0.5) is 0 Å². The summed E-state index contributed by atoms with van der Waals surface area (Å²) >= 11 is 0. The zero-order chi connectivity index (χ0) is 12.6. The SMILES string of the molecule is CCCC(C)N(C)CCCC(C)(C#N)NC. The summed E-state index contributed by atoms with van der Waals surface area (Å²) in [5.41, 5.74) is -0.366. The fourth-order valence-corrected chi connectivity index (χ4v) is 1.78. The lowest BCUT2D eigenvalue weighted by atomic mass is 9.98. The van der Waals surface area contributed by atoms with Gasteiger partial charge in [-0.15, -0.1) is 0 Å². The van der Waals surface area contributed by atoms with Crippen LogP contribution < -0.4 is 5.32 Å². The van der Waals surface area contributed by atoms with Crippen LogP contribution >= 0.6 is 0 Å². The van der Waals surface area contributed by atoms with E-state index in [1.165, 1.54) is 12.8 Å². The standard InChI is InChI=1S/C13H27N3/c1-6-8-12(2)16(5)10-7-9-13(3,11-14)15-4/h12,15H,6-10H2,1-5H3. The minimum atomic E-state index is -0.366. The van der Waals surface area contributed by atoms with E-state index in [1.54, 1.807) is 0 Å². The molecule has 0 spiro atoms. The maximum absolute atomic E-state index is 9.02. The van der Waals surface area contributed by atoms with Gasteiger partial charge in [0, 0.05) is 6.04 Å². The molecule has 3 nitrogen and oxygen atoms in total. The Hall–Kier alpha value is -0.590. The Bertz CT molecular complexity index is 222. The molecular weight excluding hydrogens is 198 g/mol. The molecule has 0 aromatic carbocycles. The molecule has 94 valence electrons. The van der Waals surface area contributed by atoms with Crippen LogP contribution in [-0.4, -0.2) is 37.1 Å². The first kappa shape index (κ1) is 15.4. The smallest absolute Gasteiger partial charge is 0.103 e. The lowest BCUT2D eigenvalue weighted by molar-refractivity contribution is 0.233. The number of nitriles is 1. The van der Waals surface area contributed by atoms with E-state index in [0.29, 0.717) is 6.04 Å². The van der Waals surface area contributed by atoms with Gasteiger partial charge in [0.15, 0.2) is 0 Å². The summed E-state index contributed by atoms with van der Waals surface area (Å²) in [4.78, 5) is 2.39. The number of nitrogens with zero attached hydrogens (tertiary/aromatic N) is 2. The summed E-state index contributed by atoms with van der Waals surface area (Å²) in [7, 11) is 4.02. The molecule has 0 radical (unpaired) electrons. The van der Waals surface area contributed by atoms with Crippen LogP contribution in [0.25, 0.3) is 0 Å². The van der Waals surface area contributed by atoms with Gasteiger partial charge in [-0.2, -0.15) is 5.26 Å². The molecule has 0 saturated heterocycles. The second-order valence-electron chi connectivity index (χ2n) is 4.92. The molecule has 0 fully saturated rings. The van der Waals surface area contributed by atoms with Crippen molar-refractivity contribution in [2.75, 3.05) is 20.6 Å². The van der Waals surface area contributed by atoms with Crippen molar-refractivity contribution in [1.82, 2.24) is 10.2 Å². The Balaban J connectivity index is 3.86. The van der Waals surface area contributed by atoms with Crippen molar-refractivity contribution in [2.24, 2.45) is 0 Å². The Kier molecular flexibility index (Phi) is 7.36. The normalized spacial score (nSPS) is 16.8. The number of nitrogens with one attached hydrogen (secondary N) is 1. The maximum Gasteiger partial charge on any atom is 0.103 e. The predicted molar refractivity (Wildman–Crippen MR) is 69.3 cm³/mol. The molecule has 0 rings (SSSR count). The molecule has 3 heteroatoms. The molecule has 0 aliphatic rings. The average molecular weight is 225 g/mol. The van der Waals surface area contributed by atoms with E-state index in [-0.39, 0.29) is 5.54 Å². The number of hydrogen-bond acceptors (Lipinski definition) is 3. The van der Waals surface area contributed by atoms with Crippen LogP contribution in [0.3, 0.4) is 0 Å². The molecule has 0 amide bonds. The van der Waals surface area contributed by atoms with Crippen LogP contribution in [0.2, 0.25) is 0 Å². The van der Waals surface area contributed by atoms with Gasteiger partial charge in [0.25, 0.3) is 0 Å². The lowest BCUT2D eigenvalue weighted by Crippen LogP contribution is -2.39.